The number of hydrogen-bond donors (Lipinski definition) is 2. The summed E-state index contributed by atoms with van der Waals surface area (Å²) in [4.78, 5) is 0. The van der Waals surface area contributed by atoms with Crippen LogP contribution in [0.4, 0.5) is 0 Å². The molecule has 1 unspecified atom stereocenters. The Hall–Kier alpha value is -0.103. The number of aliphatic hydroxyl groups is 2. The van der Waals surface area contributed by atoms with Gasteiger partial charge in [-0.2, -0.15) is 0 Å². The highest BCUT2D eigenvalue weighted by atomic mass is 35.5. The second-order valence-electron chi connectivity index (χ2n) is 7.35. The fourth-order valence-electron chi connectivity index (χ4n) is 2.38. The molecule has 0 aromatic heterocycles. The number of halogens is 2. The minimum atomic E-state index is -1.50. The molecule has 0 saturated carbocycles. The molecule has 0 bridgehead atoms. The predicted molar refractivity (Wildman–Crippen MR) is 98.2 cm³/mol. The van der Waals surface area contributed by atoms with Crippen LogP contribution in [0.2, 0.25) is 23.1 Å². The maximum Gasteiger partial charge on any atom is 0.208 e. The summed E-state index contributed by atoms with van der Waals surface area (Å²) in [6.07, 6.45) is 0.789. The Balaban J connectivity index is 3.06. The van der Waals surface area contributed by atoms with Gasteiger partial charge in [-0.3, -0.25) is 0 Å². The van der Waals surface area contributed by atoms with E-state index in [1.807, 2.05) is 13.1 Å². The van der Waals surface area contributed by atoms with E-state index in [0.29, 0.717) is 22.0 Å². The van der Waals surface area contributed by atoms with E-state index < -0.39 is 20.9 Å². The Bertz CT molecular complexity index is 517. The van der Waals surface area contributed by atoms with Crippen molar-refractivity contribution in [3.05, 3.63) is 33.8 Å². The van der Waals surface area contributed by atoms with Crippen LogP contribution in [0, 0.1) is 5.41 Å². The van der Waals surface area contributed by atoms with Crippen LogP contribution in [-0.2, 0) is 10.0 Å². The smallest absolute Gasteiger partial charge is 0.208 e. The molecule has 0 spiro atoms. The van der Waals surface area contributed by atoms with Crippen molar-refractivity contribution in [2.45, 2.75) is 65.0 Å². The summed E-state index contributed by atoms with van der Waals surface area (Å²) in [6.45, 7) is 10.3. The molecule has 0 aliphatic heterocycles. The number of hydrogen-bond acceptors (Lipinski definition) is 3. The van der Waals surface area contributed by atoms with Gasteiger partial charge in [0.25, 0.3) is 0 Å². The van der Waals surface area contributed by atoms with Crippen LogP contribution in [0.25, 0.3) is 0 Å². The third-order valence-corrected chi connectivity index (χ3v) is 5.09. The van der Waals surface area contributed by atoms with Gasteiger partial charge in [0.1, 0.15) is 5.60 Å². The Morgan fingerprint density at radius 3 is 2.22 bits per heavy atom. The van der Waals surface area contributed by atoms with Crippen LogP contribution in [0.15, 0.2) is 18.2 Å². The average Bonchev–Trinajstić information content (AvgIpc) is 2.39. The lowest BCUT2D eigenvalue weighted by molar-refractivity contribution is -0.181. The van der Waals surface area contributed by atoms with E-state index in [1.165, 1.54) is 0 Å². The summed E-state index contributed by atoms with van der Waals surface area (Å²) in [5, 5.41) is 22.4. The van der Waals surface area contributed by atoms with Gasteiger partial charge in [0.05, 0.1) is 10.0 Å². The van der Waals surface area contributed by atoms with Gasteiger partial charge in [0.15, 0.2) is 6.29 Å². The van der Waals surface area contributed by atoms with Crippen molar-refractivity contribution in [2.75, 3.05) is 0 Å². The Morgan fingerprint density at radius 1 is 1.13 bits per heavy atom. The lowest BCUT2D eigenvalue weighted by Gasteiger charge is -2.35. The van der Waals surface area contributed by atoms with Crippen LogP contribution in [-0.4, -0.2) is 25.5 Å². The zero-order valence-electron chi connectivity index (χ0n) is 14.5. The van der Waals surface area contributed by atoms with E-state index in [1.54, 1.807) is 18.2 Å². The standard InChI is InChI=1S/C17H27Cl2O3Si/c1-16(2,3)9-6-10-17(21,15(20)22-23(4)5)12-7-8-13(18)14(19)11-12/h7-8,11,15,20-21H,6,9-10H2,1-5H3/t15?,17-/m1/s1. The Kier molecular flexibility index (Phi) is 7.58. The van der Waals surface area contributed by atoms with Crippen molar-refractivity contribution < 1.29 is 14.6 Å². The van der Waals surface area contributed by atoms with Crippen molar-refractivity contribution in [3.63, 3.8) is 0 Å². The quantitative estimate of drug-likeness (QED) is 0.519. The lowest BCUT2D eigenvalue weighted by Crippen LogP contribution is -2.43. The first kappa shape index (κ1) is 20.9. The van der Waals surface area contributed by atoms with Crippen molar-refractivity contribution in [1.82, 2.24) is 0 Å². The molecule has 2 N–H and O–H groups in total. The van der Waals surface area contributed by atoms with Gasteiger partial charge in [-0.25, -0.2) is 0 Å². The van der Waals surface area contributed by atoms with Crippen molar-refractivity contribution in [2.24, 2.45) is 5.41 Å². The maximum atomic E-state index is 11.2. The summed E-state index contributed by atoms with van der Waals surface area (Å²) < 4.78 is 5.55. The highest BCUT2D eigenvalue weighted by Crippen LogP contribution is 2.36. The van der Waals surface area contributed by atoms with Crippen LogP contribution in [0.1, 0.15) is 45.6 Å². The minimum absolute atomic E-state index is 0.162. The number of aliphatic hydroxyl groups excluding tert-OH is 1. The third kappa shape index (κ3) is 6.37. The third-order valence-electron chi connectivity index (χ3n) is 3.66. The van der Waals surface area contributed by atoms with Crippen molar-refractivity contribution >= 4 is 32.2 Å². The van der Waals surface area contributed by atoms with Crippen LogP contribution < -0.4 is 0 Å². The zero-order valence-corrected chi connectivity index (χ0v) is 17.0. The molecule has 0 aliphatic rings. The van der Waals surface area contributed by atoms with Crippen LogP contribution in [0.3, 0.4) is 0 Å². The maximum absolute atomic E-state index is 11.2. The molecule has 23 heavy (non-hydrogen) atoms. The highest BCUT2D eigenvalue weighted by molar-refractivity contribution is 6.48. The first-order valence-corrected chi connectivity index (χ1v) is 10.9. The van der Waals surface area contributed by atoms with E-state index in [0.717, 1.165) is 12.8 Å². The Morgan fingerprint density at radius 2 is 1.74 bits per heavy atom. The van der Waals surface area contributed by atoms with Crippen molar-refractivity contribution in [3.8, 4) is 0 Å². The second-order valence-corrected chi connectivity index (χ2v) is 10.2. The molecule has 1 aromatic rings. The lowest BCUT2D eigenvalue weighted by atomic mass is 9.83. The molecule has 1 rings (SSSR count). The average molecular weight is 378 g/mol. The molecule has 0 amide bonds. The normalized spacial score (nSPS) is 16.4. The predicted octanol–water partition coefficient (Wildman–Crippen LogP) is 4.98. The first-order chi connectivity index (χ1) is 10.5. The molecule has 0 fully saturated rings. The van der Waals surface area contributed by atoms with Crippen molar-refractivity contribution in [1.29, 1.82) is 0 Å². The van der Waals surface area contributed by atoms with E-state index in [9.17, 15) is 10.2 Å². The van der Waals surface area contributed by atoms with E-state index in [2.05, 4.69) is 20.8 Å². The topological polar surface area (TPSA) is 49.7 Å². The summed E-state index contributed by atoms with van der Waals surface area (Å²) in [5.74, 6) is 0. The molecule has 2 atom stereocenters. The zero-order chi connectivity index (χ0) is 17.8. The summed E-state index contributed by atoms with van der Waals surface area (Å²) in [6, 6.07) is 4.92. The Labute approximate surface area is 151 Å². The van der Waals surface area contributed by atoms with E-state index in [-0.39, 0.29) is 5.41 Å². The van der Waals surface area contributed by atoms with E-state index in [4.69, 9.17) is 27.6 Å². The van der Waals surface area contributed by atoms with Gasteiger partial charge >= 0.3 is 0 Å². The van der Waals surface area contributed by atoms with Gasteiger partial charge in [0, 0.05) is 0 Å². The molecule has 6 heteroatoms. The monoisotopic (exact) mass is 377 g/mol. The minimum Gasteiger partial charge on any atom is -0.390 e. The van der Waals surface area contributed by atoms with Gasteiger partial charge in [0.2, 0.25) is 9.04 Å². The van der Waals surface area contributed by atoms with E-state index >= 15 is 0 Å². The molecule has 3 nitrogen and oxygen atoms in total. The first-order valence-electron chi connectivity index (χ1n) is 7.78. The van der Waals surface area contributed by atoms with Gasteiger partial charge in [-0.05, 0) is 55.5 Å². The largest absolute Gasteiger partial charge is 0.390 e. The van der Waals surface area contributed by atoms with Gasteiger partial charge in [-0.1, -0.05) is 50.0 Å². The van der Waals surface area contributed by atoms with Crippen LogP contribution in [0.5, 0.6) is 0 Å². The summed E-state index contributed by atoms with van der Waals surface area (Å²) in [7, 11) is -1.16. The molecule has 1 radical (unpaired) electrons. The fourth-order valence-corrected chi connectivity index (χ4v) is 3.32. The fraction of sp³-hybridized carbons (Fsp3) is 0.647. The molecule has 1 aromatic carbocycles. The molecule has 0 heterocycles. The summed E-state index contributed by atoms with van der Waals surface area (Å²) >= 11 is 12.0. The van der Waals surface area contributed by atoms with Gasteiger partial charge < -0.3 is 14.6 Å². The molecular formula is C17H27Cl2O3Si. The van der Waals surface area contributed by atoms with Crippen LogP contribution >= 0.6 is 23.2 Å². The SMILES string of the molecule is C[Si](C)OC(O)[C@@](O)(CCCC(C)(C)C)c1ccc(Cl)c(Cl)c1. The molecule has 0 saturated heterocycles. The summed E-state index contributed by atoms with van der Waals surface area (Å²) in [5.41, 5.74) is -0.812. The highest BCUT2D eigenvalue weighted by Gasteiger charge is 2.39. The molecule has 0 aliphatic carbocycles. The second kappa shape index (κ2) is 8.32. The number of benzene rings is 1. The molecule has 131 valence electrons. The molecular weight excluding hydrogens is 351 g/mol. The van der Waals surface area contributed by atoms with Gasteiger partial charge in [-0.15, -0.1) is 0 Å². The number of rotatable bonds is 7.